The number of H-pyrrole nitrogens is 1. The maximum absolute atomic E-state index is 14.4. The number of carbonyl (C=O) groups excluding carboxylic acids is 1. The molecule has 1 aliphatic heterocycles. The van der Waals surface area contributed by atoms with Gasteiger partial charge < -0.3 is 15.2 Å². The third kappa shape index (κ3) is 4.21. The number of hydrogen-bond acceptors (Lipinski definition) is 6. The van der Waals surface area contributed by atoms with Gasteiger partial charge in [0.25, 0.3) is 5.56 Å². The number of rotatable bonds is 5. The second kappa shape index (κ2) is 8.92. The molecule has 3 heterocycles. The van der Waals surface area contributed by atoms with Crippen molar-refractivity contribution in [2.45, 2.75) is 25.4 Å². The van der Waals surface area contributed by atoms with Crippen molar-refractivity contribution in [2.24, 2.45) is 0 Å². The SMILES string of the molecule is O=C(NCc1ccccc1)[C@H]1CCCN1c1nc2c(=O)[nH]c(-c3cccc(Cl)c3F)nc2s1. The smallest absolute Gasteiger partial charge is 0.278 e. The molecule has 7 nitrogen and oxygen atoms in total. The molecule has 4 aromatic rings. The third-order valence-electron chi connectivity index (χ3n) is 5.58. The van der Waals surface area contributed by atoms with Gasteiger partial charge in [0, 0.05) is 13.1 Å². The first-order valence-corrected chi connectivity index (χ1v) is 11.6. The molecular weight excluding hydrogens is 465 g/mol. The highest BCUT2D eigenvalue weighted by atomic mass is 35.5. The summed E-state index contributed by atoms with van der Waals surface area (Å²) in [6.07, 6.45) is 1.53. The summed E-state index contributed by atoms with van der Waals surface area (Å²) in [6, 6.07) is 13.8. The average molecular weight is 484 g/mol. The molecule has 1 atom stereocenters. The van der Waals surface area contributed by atoms with Crippen molar-refractivity contribution in [3.8, 4) is 11.4 Å². The molecule has 1 fully saturated rings. The van der Waals surface area contributed by atoms with E-state index >= 15 is 0 Å². The monoisotopic (exact) mass is 483 g/mol. The van der Waals surface area contributed by atoms with Crippen molar-refractivity contribution < 1.29 is 9.18 Å². The Bertz CT molecular complexity index is 1390. The molecule has 0 spiro atoms. The normalized spacial score (nSPS) is 15.8. The molecule has 1 saturated heterocycles. The van der Waals surface area contributed by atoms with Crippen LogP contribution in [0.3, 0.4) is 0 Å². The minimum Gasteiger partial charge on any atom is -0.350 e. The predicted octanol–water partition coefficient (Wildman–Crippen LogP) is 4.12. The first kappa shape index (κ1) is 21.5. The number of nitrogens with zero attached hydrogens (tertiary/aromatic N) is 3. The van der Waals surface area contributed by atoms with Gasteiger partial charge in [-0.15, -0.1) is 0 Å². The van der Waals surface area contributed by atoms with Crippen LogP contribution in [0.2, 0.25) is 5.02 Å². The van der Waals surface area contributed by atoms with Crippen molar-refractivity contribution in [1.29, 1.82) is 0 Å². The minimum atomic E-state index is -0.652. The Labute approximate surface area is 197 Å². The molecule has 168 valence electrons. The fourth-order valence-electron chi connectivity index (χ4n) is 3.93. The molecule has 33 heavy (non-hydrogen) atoms. The van der Waals surface area contributed by atoms with E-state index in [2.05, 4.69) is 20.3 Å². The number of halogens is 2. The Morgan fingerprint density at radius 2 is 2.03 bits per heavy atom. The number of fused-ring (bicyclic) bond motifs is 1. The number of nitrogens with one attached hydrogen (secondary N) is 2. The Morgan fingerprint density at radius 1 is 1.21 bits per heavy atom. The van der Waals surface area contributed by atoms with Gasteiger partial charge in [0.1, 0.15) is 11.9 Å². The maximum atomic E-state index is 14.4. The van der Waals surface area contributed by atoms with E-state index in [1.165, 1.54) is 23.5 Å². The summed E-state index contributed by atoms with van der Waals surface area (Å²) in [5, 5.41) is 3.48. The molecule has 0 radical (unpaired) electrons. The van der Waals surface area contributed by atoms with Gasteiger partial charge in [0.15, 0.2) is 21.3 Å². The lowest BCUT2D eigenvalue weighted by molar-refractivity contribution is -0.122. The lowest BCUT2D eigenvalue weighted by Crippen LogP contribution is -2.43. The van der Waals surface area contributed by atoms with Crippen LogP contribution in [0.25, 0.3) is 21.7 Å². The van der Waals surface area contributed by atoms with Crippen LogP contribution < -0.4 is 15.8 Å². The first-order chi connectivity index (χ1) is 16.0. The van der Waals surface area contributed by atoms with Gasteiger partial charge in [-0.1, -0.05) is 59.3 Å². The zero-order valence-electron chi connectivity index (χ0n) is 17.3. The summed E-state index contributed by atoms with van der Waals surface area (Å²) in [7, 11) is 0. The van der Waals surface area contributed by atoms with Gasteiger partial charge >= 0.3 is 0 Å². The van der Waals surface area contributed by atoms with Crippen molar-refractivity contribution in [3.63, 3.8) is 0 Å². The summed E-state index contributed by atoms with van der Waals surface area (Å²) < 4.78 is 14.4. The van der Waals surface area contributed by atoms with Gasteiger partial charge in [-0.25, -0.2) is 14.4 Å². The van der Waals surface area contributed by atoms with Crippen LogP contribution in [0.4, 0.5) is 9.52 Å². The topological polar surface area (TPSA) is 91.0 Å². The standard InChI is InChI=1S/C23H19ClFN5O2S/c24-15-9-4-8-14(17(15)25)19-28-21(32)18-22(29-19)33-23(27-18)30-11-5-10-16(30)20(31)26-12-13-6-2-1-3-7-13/h1-4,6-9,16H,5,10-12H2,(H,26,31)(H,28,29,32)/t16-/m1/s1. The Balaban J connectivity index is 1.42. The summed E-state index contributed by atoms with van der Waals surface area (Å²) >= 11 is 7.08. The number of thiazole rings is 1. The van der Waals surface area contributed by atoms with E-state index in [-0.39, 0.29) is 33.9 Å². The molecule has 0 aliphatic carbocycles. The summed E-state index contributed by atoms with van der Waals surface area (Å²) in [5.74, 6) is -0.651. The number of aromatic nitrogens is 3. The number of anilines is 1. The zero-order chi connectivity index (χ0) is 22.9. The Hall–Kier alpha value is -3.30. The van der Waals surface area contributed by atoms with Crippen LogP contribution in [0.5, 0.6) is 0 Å². The molecule has 10 heteroatoms. The van der Waals surface area contributed by atoms with E-state index in [4.69, 9.17) is 11.6 Å². The van der Waals surface area contributed by atoms with Crippen LogP contribution in [-0.4, -0.2) is 33.4 Å². The lowest BCUT2D eigenvalue weighted by Gasteiger charge is -2.23. The highest BCUT2D eigenvalue weighted by Crippen LogP contribution is 2.33. The van der Waals surface area contributed by atoms with E-state index in [0.717, 1.165) is 12.0 Å². The van der Waals surface area contributed by atoms with E-state index in [9.17, 15) is 14.0 Å². The summed E-state index contributed by atoms with van der Waals surface area (Å²) in [5.41, 5.74) is 0.820. The fourth-order valence-corrected chi connectivity index (χ4v) is 5.12. The number of hydrogen-bond donors (Lipinski definition) is 2. The van der Waals surface area contributed by atoms with Gasteiger partial charge in [-0.2, -0.15) is 0 Å². The molecule has 2 aromatic heterocycles. The van der Waals surface area contributed by atoms with E-state index < -0.39 is 11.4 Å². The van der Waals surface area contributed by atoms with Crippen LogP contribution in [0.15, 0.2) is 53.3 Å². The van der Waals surface area contributed by atoms with Crippen LogP contribution >= 0.6 is 22.9 Å². The van der Waals surface area contributed by atoms with Crippen molar-refractivity contribution >= 4 is 44.3 Å². The average Bonchev–Trinajstić information content (AvgIpc) is 3.47. The molecule has 5 rings (SSSR count). The van der Waals surface area contributed by atoms with E-state index in [1.54, 1.807) is 6.07 Å². The summed E-state index contributed by atoms with van der Waals surface area (Å²) in [4.78, 5) is 39.3. The summed E-state index contributed by atoms with van der Waals surface area (Å²) in [6.45, 7) is 1.09. The van der Waals surface area contributed by atoms with E-state index in [0.29, 0.717) is 29.5 Å². The van der Waals surface area contributed by atoms with Crippen molar-refractivity contribution in [2.75, 3.05) is 11.4 Å². The lowest BCUT2D eigenvalue weighted by atomic mass is 10.2. The quantitative estimate of drug-likeness (QED) is 0.445. The Kier molecular flexibility index (Phi) is 5.82. The number of amides is 1. The highest BCUT2D eigenvalue weighted by Gasteiger charge is 2.33. The van der Waals surface area contributed by atoms with Crippen LogP contribution in [0.1, 0.15) is 18.4 Å². The molecule has 2 aromatic carbocycles. The van der Waals surface area contributed by atoms with Gasteiger partial charge in [-0.05, 0) is 30.5 Å². The maximum Gasteiger partial charge on any atom is 0.278 e. The fraction of sp³-hybridized carbons (Fsp3) is 0.217. The second-order valence-electron chi connectivity index (χ2n) is 7.72. The number of aromatic amines is 1. The second-order valence-corrected chi connectivity index (χ2v) is 9.08. The highest BCUT2D eigenvalue weighted by molar-refractivity contribution is 7.21. The largest absolute Gasteiger partial charge is 0.350 e. The zero-order valence-corrected chi connectivity index (χ0v) is 18.9. The molecule has 1 aliphatic rings. The molecule has 2 N–H and O–H groups in total. The van der Waals surface area contributed by atoms with Gasteiger partial charge in [-0.3, -0.25) is 9.59 Å². The van der Waals surface area contributed by atoms with E-state index in [1.807, 2.05) is 35.2 Å². The van der Waals surface area contributed by atoms with Gasteiger partial charge in [0.05, 0.1) is 10.6 Å². The Morgan fingerprint density at radius 3 is 2.85 bits per heavy atom. The minimum absolute atomic E-state index is 0.0540. The molecular formula is C23H19ClFN5O2S. The number of carbonyl (C=O) groups is 1. The predicted molar refractivity (Wildman–Crippen MR) is 127 cm³/mol. The van der Waals surface area contributed by atoms with Crippen LogP contribution in [-0.2, 0) is 11.3 Å². The molecule has 0 saturated carbocycles. The molecule has 1 amide bonds. The first-order valence-electron chi connectivity index (χ1n) is 10.4. The van der Waals surface area contributed by atoms with Crippen LogP contribution in [0, 0.1) is 5.82 Å². The third-order valence-corrected chi connectivity index (χ3v) is 6.85. The van der Waals surface area contributed by atoms with Gasteiger partial charge in [0.2, 0.25) is 5.91 Å². The number of benzene rings is 2. The van der Waals surface area contributed by atoms with Crippen molar-refractivity contribution in [1.82, 2.24) is 20.3 Å². The van der Waals surface area contributed by atoms with Crippen molar-refractivity contribution in [3.05, 3.63) is 75.3 Å². The molecule has 0 bridgehead atoms. The molecule has 0 unspecified atom stereocenters.